The molecule has 0 saturated heterocycles. The fourth-order valence-electron chi connectivity index (χ4n) is 3.44. The van der Waals surface area contributed by atoms with Gasteiger partial charge in [-0.25, -0.2) is 0 Å². The highest BCUT2D eigenvalue weighted by Gasteiger charge is 2.50. The molecule has 2 aliphatic rings. The van der Waals surface area contributed by atoms with Crippen molar-refractivity contribution >= 4 is 0 Å². The second kappa shape index (κ2) is 4.53. The van der Waals surface area contributed by atoms with Crippen molar-refractivity contribution in [1.82, 2.24) is 0 Å². The zero-order chi connectivity index (χ0) is 10.7. The van der Waals surface area contributed by atoms with Crippen molar-refractivity contribution in [2.45, 2.75) is 45.4 Å². The molecule has 15 heavy (non-hydrogen) atoms. The summed E-state index contributed by atoms with van der Waals surface area (Å²) < 4.78 is 5.53. The second-order valence-electron chi connectivity index (χ2n) is 5.21. The molecule has 2 bridgehead atoms. The molecule has 0 radical (unpaired) electrons. The number of ether oxygens (including phenoxy) is 1. The van der Waals surface area contributed by atoms with Gasteiger partial charge in [-0.3, -0.25) is 0 Å². The van der Waals surface area contributed by atoms with E-state index in [1.807, 2.05) is 0 Å². The summed E-state index contributed by atoms with van der Waals surface area (Å²) in [6.45, 7) is 3.75. The number of hydrogen-bond donors (Lipinski definition) is 0. The average Bonchev–Trinajstić information content (AvgIpc) is 2.85. The molecule has 2 fully saturated rings. The van der Waals surface area contributed by atoms with E-state index in [0.29, 0.717) is 5.92 Å². The molecule has 0 heterocycles. The molecule has 2 heteroatoms. The lowest BCUT2D eigenvalue weighted by Gasteiger charge is -2.30. The molecule has 2 saturated carbocycles. The van der Waals surface area contributed by atoms with Gasteiger partial charge in [-0.1, -0.05) is 13.3 Å². The lowest BCUT2D eigenvalue weighted by Crippen LogP contribution is -2.27. The summed E-state index contributed by atoms with van der Waals surface area (Å²) >= 11 is 0. The van der Waals surface area contributed by atoms with Crippen LogP contribution in [0.3, 0.4) is 0 Å². The molecule has 0 aromatic carbocycles. The van der Waals surface area contributed by atoms with Crippen molar-refractivity contribution in [3.05, 3.63) is 0 Å². The Morgan fingerprint density at radius 2 is 2.27 bits per heavy atom. The number of nitriles is 1. The van der Waals surface area contributed by atoms with Gasteiger partial charge < -0.3 is 4.74 Å². The standard InChI is InChI=1S/C13H21NO/c1-2-6-15-7-5-13(10-14)9-11-3-4-12(13)8-11/h11-12H,2-9H2,1H3. The Hall–Kier alpha value is -0.550. The Bertz CT molecular complexity index is 258. The van der Waals surface area contributed by atoms with E-state index in [-0.39, 0.29) is 5.41 Å². The van der Waals surface area contributed by atoms with Crippen molar-refractivity contribution in [2.75, 3.05) is 13.2 Å². The highest BCUT2D eigenvalue weighted by atomic mass is 16.5. The van der Waals surface area contributed by atoms with Crippen LogP contribution in [0.2, 0.25) is 0 Å². The minimum atomic E-state index is -0.0172. The monoisotopic (exact) mass is 207 g/mol. The van der Waals surface area contributed by atoms with Gasteiger partial charge in [0, 0.05) is 13.2 Å². The molecule has 0 amide bonds. The third-order valence-electron chi connectivity index (χ3n) is 4.24. The molecule has 0 aliphatic heterocycles. The van der Waals surface area contributed by atoms with E-state index >= 15 is 0 Å². The largest absolute Gasteiger partial charge is 0.381 e. The highest BCUT2D eigenvalue weighted by molar-refractivity contribution is 5.11. The summed E-state index contributed by atoms with van der Waals surface area (Å²) in [4.78, 5) is 0. The third kappa shape index (κ3) is 2.03. The third-order valence-corrected chi connectivity index (χ3v) is 4.24. The Kier molecular flexibility index (Phi) is 3.31. The van der Waals surface area contributed by atoms with Crippen molar-refractivity contribution in [3.8, 4) is 6.07 Å². The number of nitrogens with zero attached hydrogens (tertiary/aromatic N) is 1. The molecule has 84 valence electrons. The normalized spacial score (nSPS) is 38.1. The molecular formula is C13H21NO. The molecule has 2 nitrogen and oxygen atoms in total. The summed E-state index contributed by atoms with van der Waals surface area (Å²) in [5, 5.41) is 9.39. The maximum Gasteiger partial charge on any atom is 0.0693 e. The molecule has 0 spiro atoms. The van der Waals surface area contributed by atoms with Gasteiger partial charge in [-0.2, -0.15) is 5.26 Å². The lowest BCUT2D eigenvalue weighted by molar-refractivity contribution is 0.0908. The fraction of sp³-hybridized carbons (Fsp3) is 0.923. The van der Waals surface area contributed by atoms with Crippen LogP contribution in [-0.4, -0.2) is 13.2 Å². The number of fused-ring (bicyclic) bond motifs is 2. The first-order valence-corrected chi connectivity index (χ1v) is 6.30. The fourth-order valence-corrected chi connectivity index (χ4v) is 3.44. The predicted octanol–water partition coefficient (Wildman–Crippen LogP) is 3.13. The van der Waals surface area contributed by atoms with E-state index < -0.39 is 0 Å². The van der Waals surface area contributed by atoms with Crippen LogP contribution in [-0.2, 0) is 4.74 Å². The number of rotatable bonds is 5. The number of hydrogen-bond acceptors (Lipinski definition) is 2. The molecule has 0 aromatic heterocycles. The topological polar surface area (TPSA) is 33.0 Å². The maximum absolute atomic E-state index is 9.39. The Morgan fingerprint density at radius 1 is 1.40 bits per heavy atom. The van der Waals surface area contributed by atoms with Gasteiger partial charge in [0.15, 0.2) is 0 Å². The van der Waals surface area contributed by atoms with Gasteiger partial charge >= 0.3 is 0 Å². The second-order valence-corrected chi connectivity index (χ2v) is 5.21. The Morgan fingerprint density at radius 3 is 2.80 bits per heavy atom. The van der Waals surface area contributed by atoms with Gasteiger partial charge in [0.2, 0.25) is 0 Å². The van der Waals surface area contributed by atoms with Gasteiger partial charge in [0.05, 0.1) is 11.5 Å². The van der Waals surface area contributed by atoms with E-state index in [9.17, 15) is 5.26 Å². The zero-order valence-corrected chi connectivity index (χ0v) is 9.67. The average molecular weight is 207 g/mol. The van der Waals surface area contributed by atoms with Gasteiger partial charge in [0.1, 0.15) is 0 Å². The van der Waals surface area contributed by atoms with Crippen LogP contribution in [0.15, 0.2) is 0 Å². The van der Waals surface area contributed by atoms with Crippen LogP contribution in [0, 0.1) is 28.6 Å². The first-order chi connectivity index (χ1) is 7.30. The van der Waals surface area contributed by atoms with Crippen molar-refractivity contribution in [1.29, 1.82) is 5.26 Å². The SMILES string of the molecule is CCCOCCC1(C#N)CC2CCC1C2. The Balaban J connectivity index is 1.85. The van der Waals surface area contributed by atoms with Crippen molar-refractivity contribution in [3.63, 3.8) is 0 Å². The van der Waals surface area contributed by atoms with E-state index in [1.165, 1.54) is 19.3 Å². The van der Waals surface area contributed by atoms with Crippen LogP contribution in [0.5, 0.6) is 0 Å². The molecule has 3 atom stereocenters. The maximum atomic E-state index is 9.39. The first-order valence-electron chi connectivity index (χ1n) is 6.30. The van der Waals surface area contributed by atoms with Crippen LogP contribution in [0.1, 0.15) is 45.4 Å². The van der Waals surface area contributed by atoms with E-state index in [4.69, 9.17) is 4.74 Å². The van der Waals surface area contributed by atoms with Gasteiger partial charge in [-0.05, 0) is 43.9 Å². The lowest BCUT2D eigenvalue weighted by atomic mass is 9.72. The molecule has 0 N–H and O–H groups in total. The molecule has 0 aromatic rings. The summed E-state index contributed by atoms with van der Waals surface area (Å²) in [7, 11) is 0. The summed E-state index contributed by atoms with van der Waals surface area (Å²) in [6, 6.07) is 2.61. The van der Waals surface area contributed by atoms with Gasteiger partial charge in [0.25, 0.3) is 0 Å². The molecular weight excluding hydrogens is 186 g/mol. The minimum absolute atomic E-state index is 0.0172. The highest BCUT2D eigenvalue weighted by Crippen LogP contribution is 2.57. The van der Waals surface area contributed by atoms with Crippen LogP contribution in [0.25, 0.3) is 0 Å². The van der Waals surface area contributed by atoms with E-state index in [0.717, 1.165) is 38.4 Å². The molecule has 2 aliphatic carbocycles. The van der Waals surface area contributed by atoms with Crippen molar-refractivity contribution < 1.29 is 4.74 Å². The Labute approximate surface area is 92.6 Å². The summed E-state index contributed by atoms with van der Waals surface area (Å²) in [6.07, 6.45) is 7.14. The smallest absolute Gasteiger partial charge is 0.0693 e. The zero-order valence-electron chi connectivity index (χ0n) is 9.67. The van der Waals surface area contributed by atoms with Crippen LogP contribution < -0.4 is 0 Å². The first kappa shape index (κ1) is 11.0. The van der Waals surface area contributed by atoms with E-state index in [1.54, 1.807) is 0 Å². The molecule has 3 unspecified atom stereocenters. The van der Waals surface area contributed by atoms with Crippen LogP contribution in [0.4, 0.5) is 0 Å². The van der Waals surface area contributed by atoms with Crippen molar-refractivity contribution in [2.24, 2.45) is 17.3 Å². The van der Waals surface area contributed by atoms with Crippen LogP contribution >= 0.6 is 0 Å². The summed E-state index contributed by atoms with van der Waals surface area (Å²) in [5.74, 6) is 1.53. The molecule has 2 rings (SSSR count). The predicted molar refractivity (Wildman–Crippen MR) is 59.2 cm³/mol. The van der Waals surface area contributed by atoms with Gasteiger partial charge in [-0.15, -0.1) is 0 Å². The van der Waals surface area contributed by atoms with E-state index in [2.05, 4.69) is 13.0 Å². The quantitative estimate of drug-likeness (QED) is 0.649. The minimum Gasteiger partial charge on any atom is -0.381 e. The summed E-state index contributed by atoms with van der Waals surface area (Å²) in [5.41, 5.74) is -0.0172.